The van der Waals surface area contributed by atoms with Crippen molar-refractivity contribution >= 4 is 17.2 Å². The van der Waals surface area contributed by atoms with Gasteiger partial charge in [-0.2, -0.15) is 0 Å². The third-order valence-electron chi connectivity index (χ3n) is 4.33. The van der Waals surface area contributed by atoms with E-state index in [1.54, 1.807) is 16.2 Å². The van der Waals surface area contributed by atoms with Gasteiger partial charge in [-0.15, -0.1) is 11.3 Å². The highest BCUT2D eigenvalue weighted by atomic mass is 32.1. The second-order valence-electron chi connectivity index (χ2n) is 6.14. The molecule has 0 radical (unpaired) electrons. The zero-order chi connectivity index (χ0) is 17.5. The lowest BCUT2D eigenvalue weighted by atomic mass is 9.99. The number of unbranched alkanes of at least 4 members (excludes halogenated alkanes) is 1. The first-order valence-electron chi connectivity index (χ1n) is 8.79. The summed E-state index contributed by atoms with van der Waals surface area (Å²) in [6, 6.07) is 4.10. The number of carbonyl (C=O) groups is 1. The lowest BCUT2D eigenvalue weighted by molar-refractivity contribution is -0.155. The molecule has 0 unspecified atom stereocenters. The number of hydrogen-bond acceptors (Lipinski definition) is 6. The van der Waals surface area contributed by atoms with Crippen molar-refractivity contribution in [2.24, 2.45) is 0 Å². The number of nitrogens with zero attached hydrogens (tertiary/aromatic N) is 1. The van der Waals surface area contributed by atoms with Crippen LogP contribution in [0.25, 0.3) is 0 Å². The smallest absolute Gasteiger partial charge is 0.288 e. The molecule has 0 aliphatic carbocycles. The second kappa shape index (κ2) is 9.33. The first-order valence-corrected chi connectivity index (χ1v) is 9.67. The molecule has 1 amide bonds. The van der Waals surface area contributed by atoms with Crippen molar-refractivity contribution in [3.8, 4) is 0 Å². The van der Waals surface area contributed by atoms with E-state index in [9.17, 15) is 4.79 Å². The zero-order valence-electron chi connectivity index (χ0n) is 14.3. The highest BCUT2D eigenvalue weighted by Gasteiger charge is 2.31. The quantitative estimate of drug-likeness (QED) is 0.748. The largest absolute Gasteiger partial charge is 0.459 e. The molecule has 3 heterocycles. The van der Waals surface area contributed by atoms with E-state index in [2.05, 4.69) is 6.07 Å². The maximum atomic E-state index is 12.8. The number of thiophene rings is 1. The Kier molecular flexibility index (Phi) is 6.86. The molecule has 6 nitrogen and oxygen atoms in total. The number of rotatable bonds is 7. The van der Waals surface area contributed by atoms with E-state index in [4.69, 9.17) is 19.3 Å². The van der Waals surface area contributed by atoms with E-state index >= 15 is 0 Å². The van der Waals surface area contributed by atoms with Gasteiger partial charge < -0.3 is 24.2 Å². The van der Waals surface area contributed by atoms with Crippen molar-refractivity contribution in [3.63, 3.8) is 0 Å². The summed E-state index contributed by atoms with van der Waals surface area (Å²) in [5.41, 5.74) is 0. The first kappa shape index (κ1) is 18.4. The summed E-state index contributed by atoms with van der Waals surface area (Å²) < 4.78 is 17.0. The fourth-order valence-electron chi connectivity index (χ4n) is 2.96. The van der Waals surface area contributed by atoms with E-state index in [1.165, 1.54) is 4.88 Å². The van der Waals surface area contributed by atoms with E-state index in [0.717, 1.165) is 6.42 Å². The summed E-state index contributed by atoms with van der Waals surface area (Å²) in [6.45, 7) is 2.98. The lowest BCUT2D eigenvalue weighted by Crippen LogP contribution is -2.43. The monoisotopic (exact) mass is 367 g/mol. The van der Waals surface area contributed by atoms with Crippen molar-refractivity contribution in [2.75, 3.05) is 39.5 Å². The van der Waals surface area contributed by atoms with Crippen LogP contribution >= 0.6 is 11.3 Å². The predicted molar refractivity (Wildman–Crippen MR) is 94.3 cm³/mol. The van der Waals surface area contributed by atoms with Gasteiger partial charge in [-0.25, -0.2) is 0 Å². The molecule has 1 N–H and O–H groups in total. The molecule has 1 saturated heterocycles. The van der Waals surface area contributed by atoms with Gasteiger partial charge in [0.15, 0.2) is 5.76 Å². The molecule has 25 heavy (non-hydrogen) atoms. The van der Waals surface area contributed by atoms with Gasteiger partial charge in [0.1, 0.15) is 0 Å². The van der Waals surface area contributed by atoms with Crippen LogP contribution in [-0.2, 0) is 19.0 Å². The van der Waals surface area contributed by atoms with Crippen LogP contribution in [-0.4, -0.2) is 61.7 Å². The summed E-state index contributed by atoms with van der Waals surface area (Å²) in [6.07, 6.45) is 3.67. The van der Waals surface area contributed by atoms with Crippen LogP contribution in [0.15, 0.2) is 29.3 Å². The fourth-order valence-corrected chi connectivity index (χ4v) is 3.77. The number of hydrogen-bond donors (Lipinski definition) is 1. The Morgan fingerprint density at radius 1 is 1.36 bits per heavy atom. The Balaban J connectivity index is 1.68. The summed E-state index contributed by atoms with van der Waals surface area (Å²) >= 11 is 1.68. The van der Waals surface area contributed by atoms with Crippen molar-refractivity contribution in [2.45, 2.75) is 31.5 Å². The predicted octanol–water partition coefficient (Wildman–Crippen LogP) is 2.11. The van der Waals surface area contributed by atoms with Gasteiger partial charge in [-0.1, -0.05) is 6.07 Å². The number of ether oxygens (including phenoxy) is 3. The van der Waals surface area contributed by atoms with Gasteiger partial charge in [-0.3, -0.25) is 4.79 Å². The van der Waals surface area contributed by atoms with Crippen LogP contribution in [0.2, 0.25) is 0 Å². The first-order chi connectivity index (χ1) is 12.3. The molecule has 1 fully saturated rings. The molecule has 1 aromatic heterocycles. The molecule has 2 aliphatic heterocycles. The average Bonchev–Trinajstić information content (AvgIpc) is 3.20. The molecule has 1 aromatic rings. The van der Waals surface area contributed by atoms with E-state index in [1.807, 2.05) is 17.5 Å². The minimum absolute atomic E-state index is 0.0893. The normalized spacial score (nSPS) is 23.9. The molecule has 0 saturated carbocycles. The van der Waals surface area contributed by atoms with Crippen LogP contribution in [0.1, 0.15) is 30.1 Å². The van der Waals surface area contributed by atoms with Gasteiger partial charge in [0.05, 0.1) is 19.8 Å². The van der Waals surface area contributed by atoms with Crippen LogP contribution in [0, 0.1) is 0 Å². The third-order valence-corrected chi connectivity index (χ3v) is 5.34. The van der Waals surface area contributed by atoms with Crippen LogP contribution in [0.5, 0.6) is 0 Å². The summed E-state index contributed by atoms with van der Waals surface area (Å²) in [7, 11) is 0. The Morgan fingerprint density at radius 3 is 2.92 bits per heavy atom. The summed E-state index contributed by atoms with van der Waals surface area (Å²) in [5, 5.41) is 10.9. The number of aliphatic hydroxyl groups is 1. The fraction of sp³-hybridized carbons (Fsp3) is 0.611. The van der Waals surface area contributed by atoms with E-state index in [0.29, 0.717) is 51.5 Å². The number of carbonyl (C=O) groups excluding carboxylic acids is 1. The van der Waals surface area contributed by atoms with E-state index in [-0.39, 0.29) is 18.4 Å². The molecular formula is C18H25NO5S. The number of amides is 1. The topological polar surface area (TPSA) is 68.2 Å². The summed E-state index contributed by atoms with van der Waals surface area (Å²) in [5.74, 6) is 0.406. The van der Waals surface area contributed by atoms with Gasteiger partial charge in [0.2, 0.25) is 6.29 Å². The molecule has 2 aliphatic rings. The van der Waals surface area contributed by atoms with Crippen LogP contribution in [0.4, 0.5) is 0 Å². The van der Waals surface area contributed by atoms with Gasteiger partial charge in [0, 0.05) is 36.9 Å². The SMILES string of the molecule is O=C(C1=C[C@H](c2cccs2)C[C@H](OCCCCO)O1)N1CCOCC1. The maximum absolute atomic E-state index is 12.8. The van der Waals surface area contributed by atoms with Crippen LogP contribution in [0.3, 0.4) is 0 Å². The van der Waals surface area contributed by atoms with Gasteiger partial charge in [0.25, 0.3) is 5.91 Å². The molecular weight excluding hydrogens is 342 g/mol. The number of allylic oxidation sites excluding steroid dienone is 1. The molecule has 0 spiro atoms. The highest BCUT2D eigenvalue weighted by molar-refractivity contribution is 7.10. The second-order valence-corrected chi connectivity index (χ2v) is 7.12. The van der Waals surface area contributed by atoms with Gasteiger partial charge in [-0.05, 0) is 30.4 Å². The van der Waals surface area contributed by atoms with Gasteiger partial charge >= 0.3 is 0 Å². The minimum atomic E-state index is -0.434. The number of morpholine rings is 1. The molecule has 0 aromatic carbocycles. The minimum Gasteiger partial charge on any atom is -0.459 e. The zero-order valence-corrected chi connectivity index (χ0v) is 15.1. The van der Waals surface area contributed by atoms with Crippen LogP contribution < -0.4 is 0 Å². The molecule has 7 heteroatoms. The van der Waals surface area contributed by atoms with Crippen molar-refractivity contribution < 1.29 is 24.1 Å². The maximum Gasteiger partial charge on any atom is 0.288 e. The Bertz CT molecular complexity index is 568. The van der Waals surface area contributed by atoms with E-state index < -0.39 is 6.29 Å². The number of aliphatic hydroxyl groups excluding tert-OH is 1. The van der Waals surface area contributed by atoms with Crippen molar-refractivity contribution in [3.05, 3.63) is 34.2 Å². The molecule has 0 bridgehead atoms. The Labute approximate surface area is 152 Å². The summed E-state index contributed by atoms with van der Waals surface area (Å²) in [4.78, 5) is 15.8. The Morgan fingerprint density at radius 2 is 2.20 bits per heavy atom. The highest BCUT2D eigenvalue weighted by Crippen LogP contribution is 2.34. The molecule has 3 rings (SSSR count). The third kappa shape index (κ3) is 5.04. The molecule has 2 atom stereocenters. The lowest BCUT2D eigenvalue weighted by Gasteiger charge is -2.32. The average molecular weight is 367 g/mol. The van der Waals surface area contributed by atoms with Crippen molar-refractivity contribution in [1.29, 1.82) is 0 Å². The van der Waals surface area contributed by atoms with Crippen molar-refractivity contribution in [1.82, 2.24) is 4.90 Å². The standard InChI is InChI=1S/C18H25NO5S/c20-7-1-2-8-23-17-13-14(16-4-3-11-25-16)12-15(24-17)18(21)19-5-9-22-10-6-19/h3-4,11-12,14,17,20H,1-2,5-10,13H2/t14-,17+/m0/s1. The molecule has 138 valence electrons. The Hall–Kier alpha value is -1.41.